The largest absolute Gasteiger partial charge is 0.465 e. The molecule has 0 spiro atoms. The number of aromatic nitrogens is 3. The molecule has 2 aromatic heterocycles. The van der Waals surface area contributed by atoms with Crippen molar-refractivity contribution >= 4 is 12.0 Å². The first-order chi connectivity index (χ1) is 13.2. The Balaban J connectivity index is 1.44. The molecular formula is C20H20N4O3. The van der Waals surface area contributed by atoms with Crippen LogP contribution in [0.25, 0.3) is 11.8 Å². The first-order valence-corrected chi connectivity index (χ1v) is 8.97. The second-order valence-corrected chi connectivity index (χ2v) is 6.45. The fraction of sp³-hybridized carbons (Fsp3) is 0.250. The summed E-state index contributed by atoms with van der Waals surface area (Å²) >= 11 is 0. The van der Waals surface area contributed by atoms with Crippen LogP contribution in [-0.2, 0) is 11.3 Å². The van der Waals surface area contributed by atoms with Crippen LogP contribution in [-0.4, -0.2) is 26.8 Å². The molecule has 7 heteroatoms. The lowest BCUT2D eigenvalue weighted by molar-refractivity contribution is -0.116. The minimum absolute atomic E-state index is 0.177. The van der Waals surface area contributed by atoms with Gasteiger partial charge in [-0.1, -0.05) is 18.2 Å². The summed E-state index contributed by atoms with van der Waals surface area (Å²) in [7, 11) is 0. The SMILES string of the molecule is O=C(/C=C/c1ccco1)NCCn1nc(C2CC2)n(-c2ccccc2)c1=O. The lowest BCUT2D eigenvalue weighted by Gasteiger charge is -2.03. The van der Waals surface area contributed by atoms with Crippen molar-refractivity contribution in [3.63, 3.8) is 0 Å². The number of carbonyl (C=O) groups excluding carboxylic acids is 1. The third kappa shape index (κ3) is 3.92. The van der Waals surface area contributed by atoms with Gasteiger partial charge in [0, 0.05) is 18.5 Å². The van der Waals surface area contributed by atoms with Gasteiger partial charge in [-0.2, -0.15) is 5.10 Å². The number of nitrogens with zero attached hydrogens (tertiary/aromatic N) is 3. The van der Waals surface area contributed by atoms with Crippen molar-refractivity contribution in [2.75, 3.05) is 6.54 Å². The second-order valence-electron chi connectivity index (χ2n) is 6.45. The normalized spacial score (nSPS) is 13.9. The van der Waals surface area contributed by atoms with Crippen LogP contribution in [0.5, 0.6) is 0 Å². The zero-order valence-corrected chi connectivity index (χ0v) is 14.7. The fourth-order valence-electron chi connectivity index (χ4n) is 2.88. The van der Waals surface area contributed by atoms with Crippen molar-refractivity contribution in [3.05, 3.63) is 76.9 Å². The molecule has 1 aliphatic rings. The summed E-state index contributed by atoms with van der Waals surface area (Å²) in [4.78, 5) is 24.7. The number of hydrogen-bond acceptors (Lipinski definition) is 4. The van der Waals surface area contributed by atoms with E-state index in [2.05, 4.69) is 10.4 Å². The molecule has 4 rings (SSSR count). The highest BCUT2D eigenvalue weighted by Gasteiger charge is 2.31. The van der Waals surface area contributed by atoms with E-state index in [1.165, 1.54) is 10.8 Å². The molecule has 0 bridgehead atoms. The van der Waals surface area contributed by atoms with Gasteiger partial charge in [0.05, 0.1) is 18.5 Å². The van der Waals surface area contributed by atoms with Crippen LogP contribution in [0, 0.1) is 0 Å². The molecule has 1 N–H and O–H groups in total. The smallest absolute Gasteiger partial charge is 0.350 e. The molecule has 0 atom stereocenters. The molecule has 138 valence electrons. The number of carbonyl (C=O) groups is 1. The Bertz CT molecular complexity index is 996. The first-order valence-electron chi connectivity index (χ1n) is 8.97. The van der Waals surface area contributed by atoms with E-state index >= 15 is 0 Å². The number of rotatable bonds is 7. The average molecular weight is 364 g/mol. The highest BCUT2D eigenvalue weighted by Crippen LogP contribution is 2.39. The monoisotopic (exact) mass is 364 g/mol. The third-order valence-corrected chi connectivity index (χ3v) is 4.39. The molecule has 0 saturated heterocycles. The van der Waals surface area contributed by atoms with Crippen LogP contribution < -0.4 is 11.0 Å². The Morgan fingerprint density at radius 3 is 2.74 bits per heavy atom. The predicted octanol–water partition coefficient (Wildman–Crippen LogP) is 2.33. The number of nitrogens with one attached hydrogen (secondary N) is 1. The van der Waals surface area contributed by atoms with Crippen molar-refractivity contribution in [3.8, 4) is 5.69 Å². The zero-order valence-electron chi connectivity index (χ0n) is 14.7. The summed E-state index contributed by atoms with van der Waals surface area (Å²) in [6, 6.07) is 13.1. The quantitative estimate of drug-likeness (QED) is 0.653. The lowest BCUT2D eigenvalue weighted by atomic mass is 10.3. The van der Waals surface area contributed by atoms with Gasteiger partial charge in [0.2, 0.25) is 5.91 Å². The van der Waals surface area contributed by atoms with Gasteiger partial charge in [-0.3, -0.25) is 4.79 Å². The van der Waals surface area contributed by atoms with Crippen LogP contribution >= 0.6 is 0 Å². The summed E-state index contributed by atoms with van der Waals surface area (Å²) in [6.45, 7) is 0.635. The van der Waals surface area contributed by atoms with Gasteiger partial charge in [0.1, 0.15) is 11.6 Å². The Labute approximate surface area is 155 Å². The van der Waals surface area contributed by atoms with Gasteiger partial charge < -0.3 is 9.73 Å². The van der Waals surface area contributed by atoms with Crippen LogP contribution in [0.2, 0.25) is 0 Å². The van der Waals surface area contributed by atoms with Crippen molar-refractivity contribution < 1.29 is 9.21 Å². The molecule has 7 nitrogen and oxygen atoms in total. The van der Waals surface area contributed by atoms with Crippen LogP contribution in [0.4, 0.5) is 0 Å². The minimum Gasteiger partial charge on any atom is -0.465 e. The maximum Gasteiger partial charge on any atom is 0.350 e. The number of para-hydroxylation sites is 1. The molecule has 3 aromatic rings. The van der Waals surface area contributed by atoms with Gasteiger partial charge >= 0.3 is 5.69 Å². The lowest BCUT2D eigenvalue weighted by Crippen LogP contribution is -2.31. The molecule has 0 unspecified atom stereocenters. The average Bonchev–Trinajstić information content (AvgIpc) is 3.29. The van der Waals surface area contributed by atoms with Gasteiger partial charge in [-0.15, -0.1) is 0 Å². The summed E-state index contributed by atoms with van der Waals surface area (Å²) < 4.78 is 8.24. The Kier molecular flexibility index (Phi) is 4.74. The van der Waals surface area contributed by atoms with Crippen molar-refractivity contribution in [2.45, 2.75) is 25.3 Å². The van der Waals surface area contributed by atoms with Crippen molar-refractivity contribution in [1.82, 2.24) is 19.7 Å². The molecule has 1 aromatic carbocycles. The molecule has 27 heavy (non-hydrogen) atoms. The predicted molar refractivity (Wildman–Crippen MR) is 101 cm³/mol. The first kappa shape index (κ1) is 17.1. The second kappa shape index (κ2) is 7.49. The van der Waals surface area contributed by atoms with E-state index in [0.717, 1.165) is 24.4 Å². The van der Waals surface area contributed by atoms with E-state index in [1.807, 2.05) is 30.3 Å². The van der Waals surface area contributed by atoms with Crippen molar-refractivity contribution in [2.24, 2.45) is 0 Å². The van der Waals surface area contributed by atoms with E-state index < -0.39 is 0 Å². The standard InChI is InChI=1S/C20H20N4O3/c25-18(11-10-17-7-4-14-27-17)21-12-13-23-20(26)24(16-5-2-1-3-6-16)19(22-23)15-8-9-15/h1-7,10-11,14-15H,8-9,12-13H2,(H,21,25)/b11-10+. The van der Waals surface area contributed by atoms with Gasteiger partial charge in [0.25, 0.3) is 0 Å². The maximum atomic E-state index is 12.8. The van der Waals surface area contributed by atoms with Crippen molar-refractivity contribution in [1.29, 1.82) is 0 Å². The van der Waals surface area contributed by atoms with E-state index in [4.69, 9.17) is 4.42 Å². The van der Waals surface area contributed by atoms with Gasteiger partial charge in [-0.25, -0.2) is 14.0 Å². The number of amides is 1. The maximum absolute atomic E-state index is 12.8. The molecule has 1 amide bonds. The molecular weight excluding hydrogens is 344 g/mol. The van der Waals surface area contributed by atoms with Crippen LogP contribution in [0.1, 0.15) is 30.3 Å². The zero-order chi connectivity index (χ0) is 18.6. The number of hydrogen-bond donors (Lipinski definition) is 1. The minimum atomic E-state index is -0.246. The van der Waals surface area contributed by atoms with Gasteiger partial charge in [-0.05, 0) is 43.2 Å². The topological polar surface area (TPSA) is 82.1 Å². The molecule has 2 heterocycles. The Morgan fingerprint density at radius 1 is 1.22 bits per heavy atom. The van der Waals surface area contributed by atoms with E-state index in [-0.39, 0.29) is 11.6 Å². The highest BCUT2D eigenvalue weighted by molar-refractivity contribution is 5.91. The van der Waals surface area contributed by atoms with E-state index in [9.17, 15) is 9.59 Å². The number of furan rings is 1. The fourth-order valence-corrected chi connectivity index (χ4v) is 2.88. The molecule has 1 saturated carbocycles. The van der Waals surface area contributed by atoms with E-state index in [1.54, 1.807) is 29.0 Å². The van der Waals surface area contributed by atoms with Crippen LogP contribution in [0.15, 0.2) is 64.0 Å². The van der Waals surface area contributed by atoms with Gasteiger partial charge in [0.15, 0.2) is 0 Å². The molecule has 0 radical (unpaired) electrons. The summed E-state index contributed by atoms with van der Waals surface area (Å²) in [6.07, 6.45) is 6.65. The molecule has 0 aliphatic heterocycles. The van der Waals surface area contributed by atoms with E-state index in [0.29, 0.717) is 24.8 Å². The summed E-state index contributed by atoms with van der Waals surface area (Å²) in [5, 5.41) is 7.27. The highest BCUT2D eigenvalue weighted by atomic mass is 16.3. The molecule has 1 fully saturated rings. The summed E-state index contributed by atoms with van der Waals surface area (Å²) in [5.74, 6) is 1.50. The summed E-state index contributed by atoms with van der Waals surface area (Å²) in [5.41, 5.74) is 0.643. The van der Waals surface area contributed by atoms with Crippen LogP contribution in [0.3, 0.4) is 0 Å². The Hall–Kier alpha value is -3.35. The molecule has 1 aliphatic carbocycles. The number of benzene rings is 1. The third-order valence-electron chi connectivity index (χ3n) is 4.39. The Morgan fingerprint density at radius 2 is 2.04 bits per heavy atom.